The molecule has 1 aliphatic heterocycles. The number of rotatable bonds is 5. The van der Waals surface area contributed by atoms with E-state index in [9.17, 15) is 9.18 Å². The number of nitrogens with one attached hydrogen (secondary N) is 1. The zero-order valence-electron chi connectivity index (χ0n) is 16.6. The first kappa shape index (κ1) is 19.7. The van der Waals surface area contributed by atoms with Gasteiger partial charge in [0.15, 0.2) is 0 Å². The third-order valence-electron chi connectivity index (χ3n) is 7.39. The van der Waals surface area contributed by atoms with Crippen LogP contribution in [0.15, 0.2) is 12.7 Å². The maximum absolute atomic E-state index is 13.6. The molecule has 2 heterocycles. The summed E-state index contributed by atoms with van der Waals surface area (Å²) >= 11 is 0. The molecule has 2 aliphatic rings. The molecule has 148 valence electrons. The van der Waals surface area contributed by atoms with E-state index in [0.717, 1.165) is 19.4 Å². The van der Waals surface area contributed by atoms with E-state index >= 15 is 0 Å². The number of hydrogen-bond donors (Lipinski definition) is 1. The molecule has 1 saturated heterocycles. The van der Waals surface area contributed by atoms with Crippen molar-refractivity contribution in [1.82, 2.24) is 25.0 Å². The molecule has 1 N–H and O–H groups in total. The summed E-state index contributed by atoms with van der Waals surface area (Å²) in [6.07, 6.45) is 4.20. The predicted molar refractivity (Wildman–Crippen MR) is 98.2 cm³/mol. The lowest BCUT2D eigenvalue weighted by molar-refractivity contribution is -0.131. The Hall–Kier alpha value is -2.01. The summed E-state index contributed by atoms with van der Waals surface area (Å²) < 4.78 is 15.5. The number of carbonyl (C=O) groups is 1. The van der Waals surface area contributed by atoms with Crippen LogP contribution in [0.1, 0.15) is 47.0 Å². The van der Waals surface area contributed by atoms with Gasteiger partial charge < -0.3 is 10.2 Å². The smallest absolute Gasteiger partial charge is 0.237 e. The zero-order valence-corrected chi connectivity index (χ0v) is 16.6. The maximum atomic E-state index is 13.6. The molecule has 27 heavy (non-hydrogen) atoms. The van der Waals surface area contributed by atoms with Crippen molar-refractivity contribution in [3.8, 4) is 6.07 Å². The van der Waals surface area contributed by atoms with Crippen LogP contribution in [0.5, 0.6) is 0 Å². The molecule has 4 unspecified atom stereocenters. The Morgan fingerprint density at radius 3 is 2.74 bits per heavy atom. The Labute approximate surface area is 159 Å². The predicted octanol–water partition coefficient (Wildman–Crippen LogP) is 1.92. The largest absolute Gasteiger partial charge is 0.323 e. The van der Waals surface area contributed by atoms with Gasteiger partial charge in [-0.05, 0) is 30.6 Å². The Morgan fingerprint density at radius 2 is 2.11 bits per heavy atom. The molecule has 7 nitrogen and oxygen atoms in total. The van der Waals surface area contributed by atoms with Gasteiger partial charge in [-0.3, -0.25) is 9.48 Å². The lowest BCUT2D eigenvalue weighted by Gasteiger charge is -2.48. The van der Waals surface area contributed by atoms with Gasteiger partial charge in [0.2, 0.25) is 5.91 Å². The molecule has 1 saturated carbocycles. The Balaban J connectivity index is 1.68. The molecule has 0 bridgehead atoms. The van der Waals surface area contributed by atoms with Crippen LogP contribution in [-0.4, -0.2) is 56.4 Å². The van der Waals surface area contributed by atoms with Crippen molar-refractivity contribution in [2.24, 2.45) is 10.8 Å². The van der Waals surface area contributed by atoms with Crippen molar-refractivity contribution < 1.29 is 9.18 Å². The van der Waals surface area contributed by atoms with Gasteiger partial charge in [0.25, 0.3) is 0 Å². The minimum absolute atomic E-state index is 0.0155. The quantitative estimate of drug-likeness (QED) is 0.848. The van der Waals surface area contributed by atoms with E-state index in [4.69, 9.17) is 5.26 Å². The van der Waals surface area contributed by atoms with E-state index in [1.165, 1.54) is 4.90 Å². The third-order valence-corrected chi connectivity index (χ3v) is 7.39. The van der Waals surface area contributed by atoms with Crippen molar-refractivity contribution in [2.75, 3.05) is 13.1 Å². The minimum atomic E-state index is -1.11. The van der Waals surface area contributed by atoms with Crippen molar-refractivity contribution in [1.29, 1.82) is 5.26 Å². The molecular formula is C19H29FN6O. The van der Waals surface area contributed by atoms with Crippen LogP contribution >= 0.6 is 0 Å². The normalized spacial score (nSPS) is 35.3. The second kappa shape index (κ2) is 6.86. The highest BCUT2D eigenvalue weighted by Crippen LogP contribution is 2.58. The first-order chi connectivity index (χ1) is 12.6. The van der Waals surface area contributed by atoms with Gasteiger partial charge in [0.05, 0.1) is 19.2 Å². The molecule has 0 spiro atoms. The van der Waals surface area contributed by atoms with Gasteiger partial charge in [0.1, 0.15) is 24.9 Å². The average molecular weight is 376 g/mol. The SMILES string of the molecule is CC1(Cn2cncn2)CCC(C)(NCC(=O)N2CC(F)CC2C#N)C1(C)C. The number of hydrogen-bond acceptors (Lipinski definition) is 5. The van der Waals surface area contributed by atoms with Crippen molar-refractivity contribution >= 4 is 5.91 Å². The maximum Gasteiger partial charge on any atom is 0.237 e. The number of alkyl halides is 1. The second-order valence-corrected chi connectivity index (χ2v) is 8.99. The highest BCUT2D eigenvalue weighted by Gasteiger charge is 2.58. The average Bonchev–Trinajstić information content (AvgIpc) is 3.29. The highest BCUT2D eigenvalue weighted by atomic mass is 19.1. The molecule has 4 atom stereocenters. The fourth-order valence-electron chi connectivity index (χ4n) is 4.63. The second-order valence-electron chi connectivity index (χ2n) is 8.99. The first-order valence-electron chi connectivity index (χ1n) is 9.52. The lowest BCUT2D eigenvalue weighted by Crippen LogP contribution is -2.57. The number of nitrogens with zero attached hydrogens (tertiary/aromatic N) is 5. The summed E-state index contributed by atoms with van der Waals surface area (Å²) in [5.41, 5.74) is -0.387. The van der Waals surface area contributed by atoms with Crippen LogP contribution in [0.3, 0.4) is 0 Å². The molecule has 2 fully saturated rings. The first-order valence-corrected chi connectivity index (χ1v) is 9.52. The van der Waals surface area contributed by atoms with Crippen molar-refractivity contribution in [2.45, 2.75) is 71.3 Å². The molecule has 8 heteroatoms. The van der Waals surface area contributed by atoms with E-state index in [2.05, 4.69) is 43.1 Å². The number of aromatic nitrogens is 3. The van der Waals surface area contributed by atoms with Crippen LogP contribution in [0, 0.1) is 22.2 Å². The number of halogens is 1. The molecule has 1 aliphatic carbocycles. The fourth-order valence-corrected chi connectivity index (χ4v) is 4.63. The van der Waals surface area contributed by atoms with Gasteiger partial charge in [-0.1, -0.05) is 20.8 Å². The third kappa shape index (κ3) is 3.33. The van der Waals surface area contributed by atoms with Crippen molar-refractivity contribution in [3.05, 3.63) is 12.7 Å². The van der Waals surface area contributed by atoms with Crippen LogP contribution in [-0.2, 0) is 11.3 Å². The van der Waals surface area contributed by atoms with E-state index in [1.54, 1.807) is 12.7 Å². The summed E-state index contributed by atoms with van der Waals surface area (Å²) in [6.45, 7) is 9.74. The van der Waals surface area contributed by atoms with E-state index in [0.29, 0.717) is 0 Å². The number of nitriles is 1. The zero-order chi connectivity index (χ0) is 19.9. The molecule has 0 radical (unpaired) electrons. The van der Waals surface area contributed by atoms with E-state index in [1.807, 2.05) is 10.8 Å². The number of carbonyl (C=O) groups excluding carboxylic acids is 1. The van der Waals surface area contributed by atoms with Crippen LogP contribution in [0.25, 0.3) is 0 Å². The van der Waals surface area contributed by atoms with Gasteiger partial charge >= 0.3 is 0 Å². The summed E-state index contributed by atoms with van der Waals surface area (Å²) in [5.74, 6) is -0.205. The van der Waals surface area contributed by atoms with Gasteiger partial charge in [-0.2, -0.15) is 10.4 Å². The standard InChI is InChI=1S/C19H29FN6O/c1-17(2)18(3,11-25-13-22-12-24-25)5-6-19(17,4)23-9-16(27)26-10-14(20)7-15(26)8-21/h12-15,23H,5-7,9-11H2,1-4H3. The summed E-state index contributed by atoms with van der Waals surface area (Å²) in [6, 6.07) is 1.38. The molecule has 3 rings (SSSR count). The van der Waals surface area contributed by atoms with E-state index in [-0.39, 0.29) is 41.8 Å². The molecule has 1 aromatic heterocycles. The molecule has 0 aromatic carbocycles. The Morgan fingerprint density at radius 1 is 1.37 bits per heavy atom. The fraction of sp³-hybridized carbons (Fsp3) is 0.789. The monoisotopic (exact) mass is 376 g/mol. The van der Waals surface area contributed by atoms with Crippen LogP contribution in [0.2, 0.25) is 0 Å². The molecule has 1 aromatic rings. The Kier molecular flexibility index (Phi) is 5.02. The topological polar surface area (TPSA) is 86.8 Å². The highest BCUT2D eigenvalue weighted by molar-refractivity contribution is 5.79. The molecular weight excluding hydrogens is 347 g/mol. The number of amides is 1. The molecule has 1 amide bonds. The lowest BCUT2D eigenvalue weighted by atomic mass is 9.63. The summed E-state index contributed by atoms with van der Waals surface area (Å²) in [7, 11) is 0. The summed E-state index contributed by atoms with van der Waals surface area (Å²) in [5, 5.41) is 16.9. The van der Waals surface area contributed by atoms with Gasteiger partial charge in [0, 0.05) is 18.5 Å². The summed E-state index contributed by atoms with van der Waals surface area (Å²) in [4.78, 5) is 18.0. The van der Waals surface area contributed by atoms with Gasteiger partial charge in [-0.25, -0.2) is 9.37 Å². The van der Waals surface area contributed by atoms with Crippen LogP contribution < -0.4 is 5.32 Å². The van der Waals surface area contributed by atoms with Gasteiger partial charge in [-0.15, -0.1) is 0 Å². The number of likely N-dealkylation sites (tertiary alicyclic amines) is 1. The van der Waals surface area contributed by atoms with Crippen LogP contribution in [0.4, 0.5) is 4.39 Å². The Bertz CT molecular complexity index is 729. The van der Waals surface area contributed by atoms with E-state index < -0.39 is 12.2 Å². The minimum Gasteiger partial charge on any atom is -0.323 e. The van der Waals surface area contributed by atoms with Crippen molar-refractivity contribution in [3.63, 3.8) is 0 Å².